The van der Waals surface area contributed by atoms with Crippen molar-refractivity contribution in [2.45, 2.75) is 24.3 Å². The van der Waals surface area contributed by atoms with E-state index < -0.39 is 16.0 Å². The summed E-state index contributed by atoms with van der Waals surface area (Å²) in [6.07, 6.45) is 1.61. The van der Waals surface area contributed by atoms with Gasteiger partial charge >= 0.3 is 5.97 Å². The van der Waals surface area contributed by atoms with E-state index in [1.165, 1.54) is 22.5 Å². The van der Waals surface area contributed by atoms with Gasteiger partial charge in [0, 0.05) is 24.0 Å². The van der Waals surface area contributed by atoms with E-state index in [9.17, 15) is 13.2 Å². The van der Waals surface area contributed by atoms with E-state index in [0.29, 0.717) is 18.7 Å². The highest BCUT2D eigenvalue weighted by molar-refractivity contribution is 7.89. The van der Waals surface area contributed by atoms with Crippen molar-refractivity contribution in [1.82, 2.24) is 9.29 Å². The van der Waals surface area contributed by atoms with Gasteiger partial charge in [-0.25, -0.2) is 18.2 Å². The number of pyridine rings is 1. The van der Waals surface area contributed by atoms with Gasteiger partial charge in [-0.15, -0.1) is 0 Å². The van der Waals surface area contributed by atoms with Gasteiger partial charge in [-0.2, -0.15) is 4.31 Å². The fourth-order valence-electron chi connectivity index (χ4n) is 3.36. The Hall–Kier alpha value is -2.19. The fourth-order valence-corrected chi connectivity index (χ4v) is 5.58. The summed E-state index contributed by atoms with van der Waals surface area (Å²) < 4.78 is 32.4. The maximum absolute atomic E-state index is 12.8. The molecule has 156 valence electrons. The summed E-state index contributed by atoms with van der Waals surface area (Å²) in [6, 6.07) is 13.4. The molecule has 2 heterocycles. The second-order valence-corrected chi connectivity index (χ2v) is 9.64. The average molecular weight is 465 g/mol. The molecule has 0 spiro atoms. The molecule has 0 atom stereocenters. The van der Waals surface area contributed by atoms with Gasteiger partial charge in [-0.3, -0.25) is 0 Å². The van der Waals surface area contributed by atoms with Gasteiger partial charge in [-0.1, -0.05) is 41.4 Å². The Labute approximate surface area is 184 Å². The summed E-state index contributed by atoms with van der Waals surface area (Å²) in [5.41, 5.74) is 1.40. The first-order chi connectivity index (χ1) is 14.4. The molecule has 0 saturated carbocycles. The van der Waals surface area contributed by atoms with Gasteiger partial charge in [-0.05, 0) is 43.2 Å². The van der Waals surface area contributed by atoms with Crippen LogP contribution in [0, 0.1) is 0 Å². The van der Waals surface area contributed by atoms with E-state index in [2.05, 4.69) is 4.98 Å². The van der Waals surface area contributed by atoms with Crippen LogP contribution in [0.4, 0.5) is 0 Å². The third-order valence-electron chi connectivity index (χ3n) is 4.96. The van der Waals surface area contributed by atoms with Crippen molar-refractivity contribution in [2.24, 2.45) is 0 Å². The third kappa shape index (κ3) is 4.16. The van der Waals surface area contributed by atoms with Crippen molar-refractivity contribution in [3.8, 4) is 0 Å². The smallest absolute Gasteiger partial charge is 0.338 e. The number of sulfonamides is 1. The minimum absolute atomic E-state index is 0.0697. The lowest BCUT2D eigenvalue weighted by molar-refractivity contribution is 0.0472. The molecule has 4 rings (SSSR count). The largest absolute Gasteiger partial charge is 0.457 e. The molecule has 1 aromatic heterocycles. The Kier molecular flexibility index (Phi) is 5.97. The lowest BCUT2D eigenvalue weighted by Gasteiger charge is -2.17. The van der Waals surface area contributed by atoms with E-state index in [0.717, 1.165) is 23.7 Å². The highest BCUT2D eigenvalue weighted by Gasteiger charge is 2.30. The zero-order valence-electron chi connectivity index (χ0n) is 15.8. The monoisotopic (exact) mass is 464 g/mol. The number of hydrogen-bond donors (Lipinski definition) is 0. The molecule has 0 N–H and O–H groups in total. The van der Waals surface area contributed by atoms with Crippen LogP contribution in [0.25, 0.3) is 10.9 Å². The number of hydrogen-bond acceptors (Lipinski definition) is 5. The average Bonchev–Trinajstić information content (AvgIpc) is 3.28. The van der Waals surface area contributed by atoms with E-state index in [1.54, 1.807) is 0 Å². The molecular formula is C21H18Cl2N2O4S. The Balaban J connectivity index is 1.55. The number of para-hydroxylation sites is 1. The number of carbonyl (C=O) groups is 1. The topological polar surface area (TPSA) is 76.6 Å². The van der Waals surface area contributed by atoms with Crippen LogP contribution in [0.3, 0.4) is 0 Å². The van der Waals surface area contributed by atoms with Crippen LogP contribution < -0.4 is 0 Å². The zero-order chi connectivity index (χ0) is 21.3. The molecule has 9 heteroatoms. The zero-order valence-corrected chi connectivity index (χ0v) is 18.2. The van der Waals surface area contributed by atoms with E-state index in [-0.39, 0.29) is 27.2 Å². The predicted octanol–water partition coefficient (Wildman–Crippen LogP) is 4.68. The Morgan fingerprint density at radius 3 is 2.57 bits per heavy atom. The first-order valence-corrected chi connectivity index (χ1v) is 11.6. The molecule has 6 nitrogen and oxygen atoms in total. The molecule has 0 radical (unpaired) electrons. The molecule has 0 aliphatic carbocycles. The Morgan fingerprint density at radius 1 is 1.07 bits per heavy atom. The van der Waals surface area contributed by atoms with Gasteiger partial charge in [0.25, 0.3) is 0 Å². The van der Waals surface area contributed by atoms with E-state index in [1.807, 2.05) is 30.3 Å². The van der Waals surface area contributed by atoms with Gasteiger partial charge in [0.15, 0.2) is 0 Å². The van der Waals surface area contributed by atoms with Crippen molar-refractivity contribution in [1.29, 1.82) is 0 Å². The first kappa shape index (κ1) is 21.1. The Bertz CT molecular complexity index is 1220. The summed E-state index contributed by atoms with van der Waals surface area (Å²) in [5.74, 6) is -0.672. The molecule has 0 unspecified atom stereocenters. The first-order valence-electron chi connectivity index (χ1n) is 9.37. The standard InChI is InChI=1S/C21H18Cl2N2O4S/c22-17-8-7-15(12-19(17)30(27,28)25-9-3-4-10-25)21(26)29-13-16-11-14-5-1-2-6-18(14)24-20(16)23/h1-2,5-8,11-12H,3-4,9-10,13H2. The van der Waals surface area contributed by atoms with Crippen molar-refractivity contribution in [3.05, 3.63) is 69.8 Å². The molecule has 0 bridgehead atoms. The van der Waals surface area contributed by atoms with Crippen LogP contribution in [0.5, 0.6) is 0 Å². The van der Waals surface area contributed by atoms with E-state index >= 15 is 0 Å². The van der Waals surface area contributed by atoms with Gasteiger partial charge in [0.1, 0.15) is 16.7 Å². The third-order valence-corrected chi connectivity index (χ3v) is 7.67. The molecule has 1 aliphatic heterocycles. The van der Waals surface area contributed by atoms with Crippen molar-refractivity contribution in [3.63, 3.8) is 0 Å². The second kappa shape index (κ2) is 8.51. The van der Waals surface area contributed by atoms with Crippen molar-refractivity contribution in [2.75, 3.05) is 13.1 Å². The molecule has 1 aliphatic rings. The molecule has 1 fully saturated rings. The fraction of sp³-hybridized carbons (Fsp3) is 0.238. The van der Waals surface area contributed by atoms with Crippen LogP contribution >= 0.6 is 23.2 Å². The maximum Gasteiger partial charge on any atom is 0.338 e. The summed E-state index contributed by atoms with van der Waals surface area (Å²) >= 11 is 12.3. The summed E-state index contributed by atoms with van der Waals surface area (Å²) in [5, 5.41) is 1.19. The predicted molar refractivity (Wildman–Crippen MR) is 115 cm³/mol. The molecular weight excluding hydrogens is 447 g/mol. The summed E-state index contributed by atoms with van der Waals surface area (Å²) in [6.45, 7) is 0.800. The minimum atomic E-state index is -3.76. The quantitative estimate of drug-likeness (QED) is 0.404. The number of esters is 1. The van der Waals surface area contributed by atoms with Gasteiger partial charge in [0.05, 0.1) is 16.1 Å². The number of ether oxygens (including phenoxy) is 1. The minimum Gasteiger partial charge on any atom is -0.457 e. The van der Waals surface area contributed by atoms with Crippen LogP contribution in [0.1, 0.15) is 28.8 Å². The van der Waals surface area contributed by atoms with Crippen molar-refractivity contribution >= 4 is 50.1 Å². The van der Waals surface area contributed by atoms with Gasteiger partial charge < -0.3 is 4.74 Å². The Morgan fingerprint density at radius 2 is 1.80 bits per heavy atom. The summed E-state index contributed by atoms with van der Waals surface area (Å²) in [7, 11) is -3.76. The van der Waals surface area contributed by atoms with Crippen molar-refractivity contribution < 1.29 is 17.9 Å². The number of halogens is 2. The number of nitrogens with zero attached hydrogens (tertiary/aromatic N) is 2. The van der Waals surface area contributed by atoms with E-state index in [4.69, 9.17) is 27.9 Å². The van der Waals surface area contributed by atoms with Crippen LogP contribution in [0.15, 0.2) is 53.4 Å². The molecule has 0 amide bonds. The lowest BCUT2D eigenvalue weighted by Crippen LogP contribution is -2.28. The number of fused-ring (bicyclic) bond motifs is 1. The molecule has 1 saturated heterocycles. The number of rotatable bonds is 5. The van der Waals surface area contributed by atoms with Crippen LogP contribution in [0.2, 0.25) is 10.2 Å². The molecule has 3 aromatic rings. The molecule has 2 aromatic carbocycles. The van der Waals surface area contributed by atoms with Gasteiger partial charge in [0.2, 0.25) is 10.0 Å². The number of benzene rings is 2. The number of aromatic nitrogens is 1. The second-order valence-electron chi connectivity index (χ2n) is 6.96. The highest BCUT2D eigenvalue weighted by atomic mass is 35.5. The summed E-state index contributed by atoms with van der Waals surface area (Å²) in [4.78, 5) is 16.8. The maximum atomic E-state index is 12.8. The molecule has 30 heavy (non-hydrogen) atoms. The lowest BCUT2D eigenvalue weighted by atomic mass is 10.1. The highest BCUT2D eigenvalue weighted by Crippen LogP contribution is 2.29. The van der Waals surface area contributed by atoms with Crippen LogP contribution in [-0.4, -0.2) is 36.8 Å². The van der Waals surface area contributed by atoms with Crippen LogP contribution in [-0.2, 0) is 21.4 Å². The SMILES string of the molecule is O=C(OCc1cc2ccccc2nc1Cl)c1ccc(Cl)c(S(=O)(=O)N2CCCC2)c1. The normalized spacial score (nSPS) is 14.9. The number of carbonyl (C=O) groups excluding carboxylic acids is 1.